The molecule has 10 heteroatoms. The number of ether oxygens (including phenoxy) is 1. The maximum absolute atomic E-state index is 13.4. The number of furan rings is 1. The fourth-order valence-electron chi connectivity index (χ4n) is 3.70. The number of nitro groups is 1. The maximum Gasteiger partial charge on any atom is 0.312 e. The number of nitrogens with zero attached hydrogens (tertiary/aromatic N) is 4. The van der Waals surface area contributed by atoms with E-state index in [0.29, 0.717) is 32.3 Å². The lowest BCUT2D eigenvalue weighted by Gasteiger charge is -2.09. The zero-order chi connectivity index (χ0) is 24.5. The fourth-order valence-corrected chi connectivity index (χ4v) is 4.29. The highest BCUT2D eigenvalue weighted by Gasteiger charge is 2.20. The normalized spacial score (nSPS) is 11.5. The standard InChI is InChI=1S/C25H17BrN4O5/c1-2-34-23-18(26)11-15(12-20(23)30(32)33)14-27-29-24(22-13-16-7-3-6-10-21(16)35-22)28-19-9-5-4-8-17(19)25(29)31/h3-14H,2H2,1H3. The van der Waals surface area contributed by atoms with Crippen LogP contribution in [-0.4, -0.2) is 27.4 Å². The van der Waals surface area contributed by atoms with E-state index in [4.69, 9.17) is 9.15 Å². The minimum absolute atomic E-state index is 0.127. The number of halogens is 1. The summed E-state index contributed by atoms with van der Waals surface area (Å²) < 4.78 is 12.9. The van der Waals surface area contributed by atoms with Gasteiger partial charge in [0.2, 0.25) is 11.6 Å². The lowest BCUT2D eigenvalue weighted by molar-refractivity contribution is -0.385. The largest absolute Gasteiger partial charge is 0.486 e. The molecule has 0 fully saturated rings. The van der Waals surface area contributed by atoms with E-state index in [9.17, 15) is 14.9 Å². The van der Waals surface area contributed by atoms with Gasteiger partial charge in [0.15, 0.2) is 5.76 Å². The van der Waals surface area contributed by atoms with Crippen LogP contribution >= 0.6 is 15.9 Å². The number of hydrogen-bond donors (Lipinski definition) is 0. The van der Waals surface area contributed by atoms with Gasteiger partial charge in [-0.05, 0) is 53.2 Å². The quantitative estimate of drug-likeness (QED) is 0.156. The number of nitro benzene ring substituents is 1. The molecular weight excluding hydrogens is 516 g/mol. The topological polar surface area (TPSA) is 113 Å². The highest BCUT2D eigenvalue weighted by Crippen LogP contribution is 2.36. The molecule has 5 rings (SSSR count). The second-order valence-electron chi connectivity index (χ2n) is 7.50. The summed E-state index contributed by atoms with van der Waals surface area (Å²) in [6, 6.07) is 19.1. The lowest BCUT2D eigenvalue weighted by Crippen LogP contribution is -2.20. The summed E-state index contributed by atoms with van der Waals surface area (Å²) in [4.78, 5) is 29.1. The second-order valence-corrected chi connectivity index (χ2v) is 8.36. The summed E-state index contributed by atoms with van der Waals surface area (Å²) >= 11 is 3.32. The van der Waals surface area contributed by atoms with Gasteiger partial charge >= 0.3 is 5.69 Å². The summed E-state index contributed by atoms with van der Waals surface area (Å²) in [7, 11) is 0. The van der Waals surface area contributed by atoms with E-state index in [1.54, 1.807) is 43.3 Å². The van der Waals surface area contributed by atoms with E-state index in [1.807, 2.05) is 24.3 Å². The summed E-state index contributed by atoms with van der Waals surface area (Å²) in [5.74, 6) is 0.702. The number of benzene rings is 3. The molecule has 0 aliphatic rings. The average molecular weight is 533 g/mol. The first-order valence-electron chi connectivity index (χ1n) is 10.6. The van der Waals surface area contributed by atoms with Gasteiger partial charge < -0.3 is 9.15 Å². The van der Waals surface area contributed by atoms with Crippen molar-refractivity contribution >= 4 is 49.7 Å². The molecule has 0 bridgehead atoms. The van der Waals surface area contributed by atoms with Gasteiger partial charge in [0.1, 0.15) is 5.58 Å². The Morgan fingerprint density at radius 1 is 1.17 bits per heavy atom. The van der Waals surface area contributed by atoms with Crippen molar-refractivity contribution < 1.29 is 14.1 Å². The molecule has 2 heterocycles. The molecule has 0 aliphatic carbocycles. The van der Waals surface area contributed by atoms with Crippen molar-refractivity contribution in [2.24, 2.45) is 5.10 Å². The van der Waals surface area contributed by atoms with Crippen molar-refractivity contribution in [2.75, 3.05) is 6.61 Å². The predicted molar refractivity (Wildman–Crippen MR) is 136 cm³/mol. The Hall–Kier alpha value is -4.31. The zero-order valence-corrected chi connectivity index (χ0v) is 19.9. The number of para-hydroxylation sites is 2. The van der Waals surface area contributed by atoms with E-state index in [-0.39, 0.29) is 23.9 Å². The molecule has 5 aromatic rings. The SMILES string of the molecule is CCOc1c(Br)cc(C=Nn2c(-c3cc4ccccc4o3)nc3ccccc3c2=O)cc1[N+](=O)[O-]. The lowest BCUT2D eigenvalue weighted by atomic mass is 10.2. The predicted octanol–water partition coefficient (Wildman–Crippen LogP) is 5.76. The molecule has 0 unspecified atom stereocenters. The number of fused-ring (bicyclic) bond motifs is 2. The first-order chi connectivity index (χ1) is 17.0. The van der Waals surface area contributed by atoms with Crippen LogP contribution in [0.5, 0.6) is 5.75 Å². The Labute approximate surface area is 206 Å². The van der Waals surface area contributed by atoms with Crippen LogP contribution in [0.1, 0.15) is 12.5 Å². The third-order valence-corrected chi connectivity index (χ3v) is 5.84. The molecule has 0 N–H and O–H groups in total. The van der Waals surface area contributed by atoms with Crippen LogP contribution in [0.15, 0.2) is 85.5 Å². The molecule has 0 amide bonds. The third kappa shape index (κ3) is 4.19. The molecule has 35 heavy (non-hydrogen) atoms. The average Bonchev–Trinajstić information content (AvgIpc) is 3.29. The summed E-state index contributed by atoms with van der Waals surface area (Å²) in [5.41, 5.74) is 0.916. The van der Waals surface area contributed by atoms with Crippen LogP contribution < -0.4 is 10.3 Å². The molecule has 0 saturated carbocycles. The Morgan fingerprint density at radius 2 is 1.94 bits per heavy atom. The van der Waals surface area contributed by atoms with Crippen LogP contribution in [0, 0.1) is 10.1 Å². The summed E-state index contributed by atoms with van der Waals surface area (Å²) in [5, 5.41) is 17.2. The maximum atomic E-state index is 13.4. The fraction of sp³-hybridized carbons (Fsp3) is 0.0800. The van der Waals surface area contributed by atoms with Crippen LogP contribution in [0.3, 0.4) is 0 Å². The van der Waals surface area contributed by atoms with E-state index in [2.05, 4.69) is 26.0 Å². The van der Waals surface area contributed by atoms with Gasteiger partial charge in [-0.25, -0.2) is 4.98 Å². The smallest absolute Gasteiger partial charge is 0.312 e. The van der Waals surface area contributed by atoms with Gasteiger partial charge in [-0.15, -0.1) is 0 Å². The molecule has 0 saturated heterocycles. The van der Waals surface area contributed by atoms with Gasteiger partial charge in [-0.2, -0.15) is 9.78 Å². The van der Waals surface area contributed by atoms with Crippen LogP contribution in [0.4, 0.5) is 5.69 Å². The van der Waals surface area contributed by atoms with E-state index >= 15 is 0 Å². The van der Waals surface area contributed by atoms with Gasteiger partial charge in [-0.1, -0.05) is 30.3 Å². The summed E-state index contributed by atoms with van der Waals surface area (Å²) in [6.07, 6.45) is 1.36. The Balaban J connectivity index is 1.69. The van der Waals surface area contributed by atoms with Crippen LogP contribution in [0.2, 0.25) is 0 Å². The molecule has 0 radical (unpaired) electrons. The third-order valence-electron chi connectivity index (χ3n) is 5.25. The molecular formula is C25H17BrN4O5. The monoisotopic (exact) mass is 532 g/mol. The van der Waals surface area contributed by atoms with Crippen molar-refractivity contribution in [3.05, 3.63) is 97.2 Å². The Bertz CT molecular complexity index is 1660. The zero-order valence-electron chi connectivity index (χ0n) is 18.3. The Kier molecular flexibility index (Phi) is 5.87. The van der Waals surface area contributed by atoms with Crippen LogP contribution in [0.25, 0.3) is 33.5 Å². The van der Waals surface area contributed by atoms with Gasteiger partial charge in [-0.3, -0.25) is 14.9 Å². The molecule has 0 aliphatic heterocycles. The van der Waals surface area contributed by atoms with Gasteiger partial charge in [0.05, 0.1) is 33.1 Å². The molecule has 3 aromatic carbocycles. The second kappa shape index (κ2) is 9.15. The number of aromatic nitrogens is 2. The highest BCUT2D eigenvalue weighted by molar-refractivity contribution is 9.10. The Morgan fingerprint density at radius 3 is 2.71 bits per heavy atom. The van der Waals surface area contributed by atoms with Crippen molar-refractivity contribution in [1.82, 2.24) is 9.66 Å². The molecule has 174 valence electrons. The van der Waals surface area contributed by atoms with Crippen LogP contribution in [-0.2, 0) is 0 Å². The van der Waals surface area contributed by atoms with Crippen molar-refractivity contribution in [3.8, 4) is 17.3 Å². The highest BCUT2D eigenvalue weighted by atomic mass is 79.9. The van der Waals surface area contributed by atoms with E-state index in [0.717, 1.165) is 10.1 Å². The van der Waals surface area contributed by atoms with E-state index in [1.165, 1.54) is 12.3 Å². The van der Waals surface area contributed by atoms with Gasteiger partial charge in [0, 0.05) is 17.0 Å². The van der Waals surface area contributed by atoms with Gasteiger partial charge in [0.25, 0.3) is 5.56 Å². The molecule has 0 atom stereocenters. The minimum Gasteiger partial charge on any atom is -0.486 e. The molecule has 0 spiro atoms. The molecule has 9 nitrogen and oxygen atoms in total. The molecule has 2 aromatic heterocycles. The first-order valence-corrected chi connectivity index (χ1v) is 11.4. The number of rotatable bonds is 6. The number of hydrogen-bond acceptors (Lipinski definition) is 7. The summed E-state index contributed by atoms with van der Waals surface area (Å²) in [6.45, 7) is 2.01. The van der Waals surface area contributed by atoms with Crippen molar-refractivity contribution in [2.45, 2.75) is 6.92 Å². The van der Waals surface area contributed by atoms with Crippen molar-refractivity contribution in [1.29, 1.82) is 0 Å². The van der Waals surface area contributed by atoms with E-state index < -0.39 is 10.5 Å². The first kappa shape index (κ1) is 22.5. The minimum atomic E-state index is -0.531. The van der Waals surface area contributed by atoms with Crippen molar-refractivity contribution in [3.63, 3.8) is 0 Å².